The Balaban J connectivity index is 0.00000392. The highest BCUT2D eigenvalue weighted by molar-refractivity contribution is 14.0. The lowest BCUT2D eigenvalue weighted by molar-refractivity contribution is 0.0906. The van der Waals surface area contributed by atoms with Crippen LogP contribution in [0.4, 0.5) is 0 Å². The molecule has 0 aromatic heterocycles. The summed E-state index contributed by atoms with van der Waals surface area (Å²) in [6, 6.07) is 10.9. The summed E-state index contributed by atoms with van der Waals surface area (Å²) in [6.07, 6.45) is 2.35. The van der Waals surface area contributed by atoms with Crippen LogP contribution in [-0.4, -0.2) is 69.2 Å². The van der Waals surface area contributed by atoms with E-state index >= 15 is 0 Å². The van der Waals surface area contributed by atoms with Crippen molar-refractivity contribution in [3.8, 4) is 0 Å². The van der Waals surface area contributed by atoms with E-state index in [9.17, 15) is 0 Å². The molecule has 2 unspecified atom stereocenters. The second kappa shape index (κ2) is 13.4. The van der Waals surface area contributed by atoms with Gasteiger partial charge < -0.3 is 19.9 Å². The van der Waals surface area contributed by atoms with Gasteiger partial charge in [-0.05, 0) is 38.4 Å². The third-order valence-electron chi connectivity index (χ3n) is 5.23. The molecule has 0 spiro atoms. The average molecular weight is 502 g/mol. The zero-order chi connectivity index (χ0) is 19.6. The number of nitrogens with zero attached hydrogens (tertiary/aromatic N) is 3. The topological polar surface area (TPSA) is 40.1 Å². The first-order valence-electron chi connectivity index (χ1n) is 10.2. The Hall–Kier alpha value is -0.860. The zero-order valence-corrected chi connectivity index (χ0v) is 20.6. The minimum Gasteiger partial charge on any atom is -0.376 e. The molecule has 1 aromatic carbocycles. The van der Waals surface area contributed by atoms with E-state index in [-0.39, 0.29) is 24.0 Å². The molecule has 0 radical (unpaired) electrons. The standard InChI is InChI=1S/C22H38N4O.HI/c1-18(2)13-21(25(4)5)14-24-22(23-3)26-12-11-20(15-26)17-27-16-19-9-7-6-8-10-19;/h6-10,18,20-21H,11-17H2,1-5H3,(H,23,24);1H. The smallest absolute Gasteiger partial charge is 0.193 e. The number of aliphatic imine (C=N–C) groups is 1. The number of likely N-dealkylation sites (N-methyl/N-ethyl adjacent to an activating group) is 1. The van der Waals surface area contributed by atoms with Gasteiger partial charge in [0.05, 0.1) is 13.2 Å². The average Bonchev–Trinajstić information content (AvgIpc) is 3.10. The fourth-order valence-corrected chi connectivity index (χ4v) is 3.64. The summed E-state index contributed by atoms with van der Waals surface area (Å²) in [4.78, 5) is 9.20. The number of rotatable bonds is 9. The fraction of sp³-hybridized carbons (Fsp3) is 0.682. The Morgan fingerprint density at radius 2 is 2.00 bits per heavy atom. The maximum Gasteiger partial charge on any atom is 0.193 e. The molecule has 0 aliphatic carbocycles. The van der Waals surface area contributed by atoms with Crippen LogP contribution in [0.2, 0.25) is 0 Å². The summed E-state index contributed by atoms with van der Waals surface area (Å²) in [5.41, 5.74) is 1.24. The van der Waals surface area contributed by atoms with E-state index in [1.54, 1.807) is 0 Å². The van der Waals surface area contributed by atoms with Crippen LogP contribution < -0.4 is 5.32 Å². The van der Waals surface area contributed by atoms with Crippen molar-refractivity contribution in [3.63, 3.8) is 0 Å². The van der Waals surface area contributed by atoms with Crippen LogP contribution in [-0.2, 0) is 11.3 Å². The van der Waals surface area contributed by atoms with Gasteiger partial charge in [-0.1, -0.05) is 44.2 Å². The van der Waals surface area contributed by atoms with Gasteiger partial charge in [0.1, 0.15) is 0 Å². The SMILES string of the molecule is CN=C(NCC(CC(C)C)N(C)C)N1CCC(COCc2ccccc2)C1.I. The minimum atomic E-state index is 0. The van der Waals surface area contributed by atoms with Gasteiger partial charge in [0, 0.05) is 38.6 Å². The maximum atomic E-state index is 5.95. The van der Waals surface area contributed by atoms with Gasteiger partial charge in [0.2, 0.25) is 0 Å². The van der Waals surface area contributed by atoms with Crippen molar-refractivity contribution >= 4 is 29.9 Å². The van der Waals surface area contributed by atoms with Gasteiger partial charge in [-0.15, -0.1) is 24.0 Å². The molecule has 160 valence electrons. The Bertz CT molecular complexity index is 565. The summed E-state index contributed by atoms with van der Waals surface area (Å²) < 4.78 is 5.95. The Kier molecular flexibility index (Phi) is 12.0. The maximum absolute atomic E-state index is 5.95. The Morgan fingerprint density at radius 1 is 1.29 bits per heavy atom. The number of nitrogens with one attached hydrogen (secondary N) is 1. The molecule has 1 aliphatic rings. The molecular formula is C22H39IN4O. The summed E-state index contributed by atoms with van der Waals surface area (Å²) in [5, 5.41) is 3.59. The van der Waals surface area contributed by atoms with Crippen molar-refractivity contribution in [2.24, 2.45) is 16.8 Å². The zero-order valence-electron chi connectivity index (χ0n) is 18.2. The van der Waals surface area contributed by atoms with Crippen molar-refractivity contribution in [1.82, 2.24) is 15.1 Å². The molecule has 1 aromatic rings. The largest absolute Gasteiger partial charge is 0.376 e. The summed E-state index contributed by atoms with van der Waals surface area (Å²) in [7, 11) is 6.20. The first-order valence-corrected chi connectivity index (χ1v) is 10.2. The van der Waals surface area contributed by atoms with Gasteiger partial charge in [-0.2, -0.15) is 0 Å². The van der Waals surface area contributed by atoms with E-state index in [1.807, 2.05) is 13.1 Å². The summed E-state index contributed by atoms with van der Waals surface area (Å²) in [6.45, 7) is 9.09. The molecule has 1 heterocycles. The molecule has 1 fully saturated rings. The number of halogens is 1. The third kappa shape index (κ3) is 8.66. The van der Waals surface area contributed by atoms with Crippen LogP contribution in [0.25, 0.3) is 0 Å². The lowest BCUT2D eigenvalue weighted by atomic mass is 10.0. The van der Waals surface area contributed by atoms with Crippen molar-refractivity contribution in [2.45, 2.75) is 39.3 Å². The molecule has 28 heavy (non-hydrogen) atoms. The predicted octanol–water partition coefficient (Wildman–Crippen LogP) is 3.69. The normalized spacial score (nSPS) is 18.5. The Labute approximate surface area is 188 Å². The molecule has 0 saturated carbocycles. The van der Waals surface area contributed by atoms with E-state index in [1.165, 1.54) is 18.4 Å². The third-order valence-corrected chi connectivity index (χ3v) is 5.23. The molecule has 0 amide bonds. The molecule has 1 aliphatic heterocycles. The molecule has 5 nitrogen and oxygen atoms in total. The predicted molar refractivity (Wildman–Crippen MR) is 129 cm³/mol. The number of ether oxygens (including phenoxy) is 1. The van der Waals surface area contributed by atoms with Gasteiger partial charge in [-0.3, -0.25) is 4.99 Å². The van der Waals surface area contributed by atoms with E-state index in [0.29, 0.717) is 24.5 Å². The first kappa shape index (κ1) is 25.2. The van der Waals surface area contributed by atoms with E-state index in [0.717, 1.165) is 32.2 Å². The number of hydrogen-bond donors (Lipinski definition) is 1. The van der Waals surface area contributed by atoms with Crippen LogP contribution in [0.5, 0.6) is 0 Å². The van der Waals surface area contributed by atoms with Crippen molar-refractivity contribution in [2.75, 3.05) is 47.4 Å². The fourth-order valence-electron chi connectivity index (χ4n) is 3.64. The molecule has 0 bridgehead atoms. The number of guanidine groups is 1. The number of likely N-dealkylation sites (tertiary alicyclic amines) is 1. The molecule has 2 atom stereocenters. The van der Waals surface area contributed by atoms with Crippen molar-refractivity contribution in [3.05, 3.63) is 35.9 Å². The number of benzene rings is 1. The minimum absolute atomic E-state index is 0. The molecule has 6 heteroatoms. The second-order valence-electron chi connectivity index (χ2n) is 8.28. The van der Waals surface area contributed by atoms with Gasteiger partial charge in [-0.25, -0.2) is 0 Å². The van der Waals surface area contributed by atoms with Crippen LogP contribution in [0, 0.1) is 11.8 Å². The van der Waals surface area contributed by atoms with E-state index < -0.39 is 0 Å². The second-order valence-corrected chi connectivity index (χ2v) is 8.28. The van der Waals surface area contributed by atoms with Gasteiger partial charge >= 0.3 is 0 Å². The highest BCUT2D eigenvalue weighted by Crippen LogP contribution is 2.17. The lowest BCUT2D eigenvalue weighted by Crippen LogP contribution is -2.46. The monoisotopic (exact) mass is 502 g/mol. The Morgan fingerprint density at radius 3 is 2.61 bits per heavy atom. The summed E-state index contributed by atoms with van der Waals surface area (Å²) >= 11 is 0. The first-order chi connectivity index (χ1) is 13.0. The van der Waals surface area contributed by atoms with Crippen LogP contribution in [0.3, 0.4) is 0 Å². The van der Waals surface area contributed by atoms with E-state index in [2.05, 4.69) is 72.3 Å². The molecule has 2 rings (SSSR count). The van der Waals surface area contributed by atoms with Crippen LogP contribution >= 0.6 is 24.0 Å². The van der Waals surface area contributed by atoms with Gasteiger partial charge in [0.15, 0.2) is 5.96 Å². The van der Waals surface area contributed by atoms with Crippen LogP contribution in [0.15, 0.2) is 35.3 Å². The van der Waals surface area contributed by atoms with Crippen molar-refractivity contribution < 1.29 is 4.74 Å². The molecule has 1 saturated heterocycles. The highest BCUT2D eigenvalue weighted by Gasteiger charge is 2.25. The highest BCUT2D eigenvalue weighted by atomic mass is 127. The van der Waals surface area contributed by atoms with Crippen LogP contribution in [0.1, 0.15) is 32.3 Å². The number of hydrogen-bond acceptors (Lipinski definition) is 3. The molecule has 1 N–H and O–H groups in total. The lowest BCUT2D eigenvalue weighted by Gasteiger charge is -2.29. The summed E-state index contributed by atoms with van der Waals surface area (Å²) in [5.74, 6) is 2.29. The van der Waals surface area contributed by atoms with Gasteiger partial charge in [0.25, 0.3) is 0 Å². The quantitative estimate of drug-likeness (QED) is 0.318. The van der Waals surface area contributed by atoms with E-state index in [4.69, 9.17) is 4.74 Å². The molecular weight excluding hydrogens is 463 g/mol. The van der Waals surface area contributed by atoms with Crippen molar-refractivity contribution in [1.29, 1.82) is 0 Å².